The van der Waals surface area contributed by atoms with Crippen molar-refractivity contribution in [1.82, 2.24) is 4.72 Å². The predicted molar refractivity (Wildman–Crippen MR) is 163 cm³/mol. The molecule has 0 saturated heterocycles. The van der Waals surface area contributed by atoms with E-state index in [1.807, 2.05) is 0 Å². The van der Waals surface area contributed by atoms with Gasteiger partial charge in [0.15, 0.2) is 0 Å². The lowest BCUT2D eigenvalue weighted by atomic mass is 9.41. The summed E-state index contributed by atoms with van der Waals surface area (Å²) in [5, 5.41) is 22.5. The van der Waals surface area contributed by atoms with E-state index in [9.17, 15) is 36.6 Å². The third kappa shape index (κ3) is 6.39. The number of sulfonamides is 1. The summed E-state index contributed by atoms with van der Waals surface area (Å²) in [7, 11) is -4.28. The number of rotatable bonds is 8. The molecule has 5 rings (SSSR count). The molecule has 12 atom stereocenters. The number of benzene rings is 1. The first-order valence-electron chi connectivity index (χ1n) is 16.7. The monoisotopic (exact) mass is 657 g/mol. The van der Waals surface area contributed by atoms with E-state index in [-0.39, 0.29) is 45.7 Å². The minimum Gasteiger partial charge on any atom is -0.406 e. The Bertz CT molecular complexity index is 1340. The fourth-order valence-electron chi connectivity index (χ4n) is 10.9. The van der Waals surface area contributed by atoms with Crippen molar-refractivity contribution in [3.63, 3.8) is 0 Å². The van der Waals surface area contributed by atoms with Gasteiger partial charge in [-0.15, -0.1) is 13.2 Å². The number of fused-ring (bicyclic) bond motifs is 5. The molecule has 7 nitrogen and oxygen atoms in total. The zero-order valence-electron chi connectivity index (χ0n) is 27.0. The third-order valence-electron chi connectivity index (χ3n) is 12.9. The lowest BCUT2D eigenvalue weighted by Crippen LogP contribution is -2.62. The lowest BCUT2D eigenvalue weighted by molar-refractivity contribution is -0.274. The van der Waals surface area contributed by atoms with Gasteiger partial charge in [-0.1, -0.05) is 41.0 Å². The summed E-state index contributed by atoms with van der Waals surface area (Å²) >= 11 is 0. The average Bonchev–Trinajstić information content (AvgIpc) is 3.30. The quantitative estimate of drug-likeness (QED) is 0.288. The molecule has 3 N–H and O–H groups in total. The normalized spacial score (nSPS) is 39.6. The highest BCUT2D eigenvalue weighted by Crippen LogP contribution is 2.69. The van der Waals surface area contributed by atoms with Crippen LogP contribution in [0.5, 0.6) is 5.75 Å². The molecule has 1 aromatic carbocycles. The SMILES string of the molecule is CC[C@H]1[C@@H](O)[C@@H]2C(CC[C@]3(C)[C@@H]([C@H](C)C[C@@H](C)C(=O)NS(=O)(=O)c4ccc(OC(F)(F)F)cc4)CC[C@@H]23)[C@@]2(C)CC[C@@H](O)C[C@@H]12. The topological polar surface area (TPSA) is 113 Å². The first-order chi connectivity index (χ1) is 20.9. The maximum absolute atomic E-state index is 13.1. The molecule has 45 heavy (non-hydrogen) atoms. The molecular weight excluding hydrogens is 607 g/mol. The lowest BCUT2D eigenvalue weighted by Gasteiger charge is -2.64. The first kappa shape index (κ1) is 34.5. The minimum atomic E-state index is -4.90. The number of hydrogen-bond acceptors (Lipinski definition) is 6. The maximum atomic E-state index is 13.1. The van der Waals surface area contributed by atoms with Crippen LogP contribution in [0.3, 0.4) is 0 Å². The van der Waals surface area contributed by atoms with Gasteiger partial charge >= 0.3 is 6.36 Å². The van der Waals surface area contributed by atoms with Gasteiger partial charge < -0.3 is 14.9 Å². The van der Waals surface area contributed by atoms with E-state index in [4.69, 9.17) is 0 Å². The van der Waals surface area contributed by atoms with Gasteiger partial charge in [0.25, 0.3) is 10.0 Å². The van der Waals surface area contributed by atoms with Gasteiger partial charge in [-0.2, -0.15) is 0 Å². The van der Waals surface area contributed by atoms with E-state index in [0.717, 1.165) is 75.6 Å². The van der Waals surface area contributed by atoms with Crippen molar-refractivity contribution in [3.05, 3.63) is 24.3 Å². The molecule has 1 amide bonds. The van der Waals surface area contributed by atoms with Gasteiger partial charge in [0.2, 0.25) is 5.91 Å². The molecule has 0 bridgehead atoms. The number of carbonyl (C=O) groups excluding carboxylic acids is 1. The fourth-order valence-corrected chi connectivity index (χ4v) is 12.0. The van der Waals surface area contributed by atoms with E-state index in [1.165, 1.54) is 0 Å². The third-order valence-corrected chi connectivity index (χ3v) is 14.3. The molecule has 4 saturated carbocycles. The molecule has 4 aliphatic carbocycles. The minimum absolute atomic E-state index is 0.0136. The van der Waals surface area contributed by atoms with Gasteiger partial charge in [-0.25, -0.2) is 13.1 Å². The standard InChI is InChI=1S/C34H50F3NO6S/c1-6-24-28-18-21(39)13-15-33(28,5)27-14-16-32(4)25(11-12-26(32)29(27)30(24)40)19(2)17-20(3)31(41)38-45(42,43)23-9-7-22(8-10-23)44-34(35,36)37/h7-10,19-21,24-30,39-40H,6,11-18H2,1-5H3,(H,38,41)/t19-,20-,21-,24-,25-,26+,27?,28+,29+,30-,32-,33-/m1/s1. The van der Waals surface area contributed by atoms with Gasteiger partial charge in [-0.3, -0.25) is 4.79 Å². The number of alkyl halides is 3. The highest BCUT2D eigenvalue weighted by molar-refractivity contribution is 7.90. The molecular formula is C34H50F3NO6S. The number of amides is 1. The molecule has 11 heteroatoms. The van der Waals surface area contributed by atoms with Gasteiger partial charge in [0.1, 0.15) is 5.75 Å². The van der Waals surface area contributed by atoms with Gasteiger partial charge in [-0.05, 0) is 128 Å². The largest absolute Gasteiger partial charge is 0.573 e. The zero-order valence-corrected chi connectivity index (χ0v) is 27.8. The number of hydrogen-bond donors (Lipinski definition) is 3. The summed E-state index contributed by atoms with van der Waals surface area (Å²) in [6.07, 6.45) is 2.62. The predicted octanol–water partition coefficient (Wildman–Crippen LogP) is 6.68. The fraction of sp³-hybridized carbons (Fsp3) is 0.794. The molecule has 1 aromatic rings. The van der Waals surface area contributed by atoms with Crippen molar-refractivity contribution in [2.24, 2.45) is 58.2 Å². The second-order valence-corrected chi connectivity index (χ2v) is 16.9. The summed E-state index contributed by atoms with van der Waals surface area (Å²) < 4.78 is 69.0. The summed E-state index contributed by atoms with van der Waals surface area (Å²) in [6, 6.07) is 3.74. The van der Waals surface area contributed by atoms with Crippen molar-refractivity contribution in [1.29, 1.82) is 0 Å². The van der Waals surface area contributed by atoms with Crippen LogP contribution in [0.4, 0.5) is 13.2 Å². The van der Waals surface area contributed by atoms with Crippen LogP contribution in [-0.4, -0.2) is 43.1 Å². The van der Waals surface area contributed by atoms with Crippen molar-refractivity contribution in [2.75, 3.05) is 0 Å². The number of ether oxygens (including phenoxy) is 1. The number of aliphatic hydroxyl groups is 2. The summed E-state index contributed by atoms with van der Waals surface area (Å²) in [5.74, 6) is 0.250. The average molecular weight is 658 g/mol. The first-order valence-corrected chi connectivity index (χ1v) is 18.2. The van der Waals surface area contributed by atoms with Crippen LogP contribution >= 0.6 is 0 Å². The Morgan fingerprint density at radius 3 is 2.24 bits per heavy atom. The van der Waals surface area contributed by atoms with E-state index in [2.05, 4.69) is 37.2 Å². The summed E-state index contributed by atoms with van der Waals surface area (Å²) in [4.78, 5) is 12.8. The molecule has 0 aliphatic heterocycles. The number of halogens is 3. The molecule has 4 aliphatic rings. The Morgan fingerprint density at radius 1 is 1.00 bits per heavy atom. The van der Waals surface area contributed by atoms with Gasteiger partial charge in [0, 0.05) is 5.92 Å². The van der Waals surface area contributed by atoms with Crippen LogP contribution in [0.2, 0.25) is 0 Å². The van der Waals surface area contributed by atoms with Crippen LogP contribution in [0, 0.1) is 58.2 Å². The maximum Gasteiger partial charge on any atom is 0.573 e. The van der Waals surface area contributed by atoms with Crippen LogP contribution in [0.1, 0.15) is 92.4 Å². The molecule has 254 valence electrons. The van der Waals surface area contributed by atoms with Crippen LogP contribution in [0.25, 0.3) is 0 Å². The summed E-state index contributed by atoms with van der Waals surface area (Å²) in [6.45, 7) is 10.8. The smallest absolute Gasteiger partial charge is 0.406 e. The molecule has 0 heterocycles. The summed E-state index contributed by atoms with van der Waals surface area (Å²) in [5.41, 5.74) is 0.137. The van der Waals surface area contributed by atoms with Crippen molar-refractivity contribution in [3.8, 4) is 5.75 Å². The highest BCUT2D eigenvalue weighted by Gasteiger charge is 2.65. The Balaban J connectivity index is 1.25. The Hall–Kier alpha value is -1.85. The van der Waals surface area contributed by atoms with Crippen LogP contribution in [0.15, 0.2) is 29.2 Å². The second-order valence-electron chi connectivity index (χ2n) is 15.2. The van der Waals surface area contributed by atoms with E-state index >= 15 is 0 Å². The Kier molecular flexibility index (Phi) is 9.43. The van der Waals surface area contributed by atoms with Crippen molar-refractivity contribution >= 4 is 15.9 Å². The highest BCUT2D eigenvalue weighted by atomic mass is 32.2. The van der Waals surface area contributed by atoms with E-state index < -0.39 is 34.0 Å². The van der Waals surface area contributed by atoms with E-state index in [0.29, 0.717) is 30.1 Å². The van der Waals surface area contributed by atoms with Crippen molar-refractivity contribution in [2.45, 2.75) is 116 Å². The molecule has 0 radical (unpaired) electrons. The number of aliphatic hydroxyl groups excluding tert-OH is 2. The number of nitrogens with one attached hydrogen (secondary N) is 1. The van der Waals surface area contributed by atoms with Crippen molar-refractivity contribution < 1.29 is 41.3 Å². The van der Waals surface area contributed by atoms with E-state index in [1.54, 1.807) is 6.92 Å². The Morgan fingerprint density at radius 2 is 1.62 bits per heavy atom. The Labute approximate surface area is 265 Å². The number of carbonyl (C=O) groups is 1. The molecule has 1 unspecified atom stereocenters. The molecule has 4 fully saturated rings. The molecule has 0 aromatic heterocycles. The second kappa shape index (κ2) is 12.3. The zero-order chi connectivity index (χ0) is 33.1. The van der Waals surface area contributed by atoms with Crippen LogP contribution in [-0.2, 0) is 14.8 Å². The molecule has 0 spiro atoms. The van der Waals surface area contributed by atoms with Crippen LogP contribution < -0.4 is 9.46 Å². The van der Waals surface area contributed by atoms with Gasteiger partial charge in [0.05, 0.1) is 17.1 Å².